The van der Waals surface area contributed by atoms with Crippen LogP contribution in [0.15, 0.2) is 35.7 Å². The summed E-state index contributed by atoms with van der Waals surface area (Å²) >= 11 is 7.82. The van der Waals surface area contributed by atoms with E-state index in [2.05, 4.69) is 23.7 Å². The fourth-order valence-corrected chi connectivity index (χ4v) is 4.17. The van der Waals surface area contributed by atoms with E-state index in [0.29, 0.717) is 6.54 Å². The molecule has 1 atom stereocenters. The monoisotopic (exact) mass is 349 g/mol. The van der Waals surface area contributed by atoms with Gasteiger partial charge in [-0.05, 0) is 47.5 Å². The van der Waals surface area contributed by atoms with Crippen LogP contribution in [0.3, 0.4) is 0 Å². The van der Waals surface area contributed by atoms with Crippen molar-refractivity contribution in [3.63, 3.8) is 0 Å². The zero-order valence-electron chi connectivity index (χ0n) is 13.3. The number of halogens is 1. The van der Waals surface area contributed by atoms with Crippen LogP contribution in [-0.2, 0) is 11.2 Å². The maximum absolute atomic E-state index is 12.7. The Morgan fingerprint density at radius 3 is 2.87 bits per heavy atom. The van der Waals surface area contributed by atoms with Gasteiger partial charge in [0.05, 0.1) is 12.6 Å². The average Bonchev–Trinajstić information content (AvgIpc) is 3.03. The van der Waals surface area contributed by atoms with Crippen molar-refractivity contribution >= 4 is 28.8 Å². The van der Waals surface area contributed by atoms with E-state index in [1.54, 1.807) is 11.3 Å². The van der Waals surface area contributed by atoms with Crippen LogP contribution in [0.2, 0.25) is 5.02 Å². The van der Waals surface area contributed by atoms with Gasteiger partial charge in [-0.15, -0.1) is 11.3 Å². The molecule has 1 aromatic carbocycles. The van der Waals surface area contributed by atoms with Gasteiger partial charge >= 0.3 is 0 Å². The van der Waals surface area contributed by atoms with Crippen molar-refractivity contribution in [1.29, 1.82) is 0 Å². The molecular weight excluding hydrogens is 328 g/mol. The minimum absolute atomic E-state index is 0.0183. The Bertz CT molecular complexity index is 668. The van der Waals surface area contributed by atoms with Crippen LogP contribution in [0.4, 0.5) is 0 Å². The molecule has 1 amide bonds. The molecule has 1 aromatic heterocycles. The van der Waals surface area contributed by atoms with Crippen molar-refractivity contribution in [2.24, 2.45) is 0 Å². The molecule has 0 spiro atoms. The summed E-state index contributed by atoms with van der Waals surface area (Å²) in [7, 11) is 0. The number of fused-ring (bicyclic) bond motifs is 1. The molecule has 0 radical (unpaired) electrons. The van der Waals surface area contributed by atoms with Crippen molar-refractivity contribution in [3.05, 3.63) is 56.7 Å². The number of carbonyl (C=O) groups is 1. The molecule has 2 aromatic rings. The van der Waals surface area contributed by atoms with E-state index in [1.807, 2.05) is 29.2 Å². The average molecular weight is 350 g/mol. The molecule has 3 rings (SSSR count). The molecule has 2 heterocycles. The number of rotatable bonds is 5. The molecule has 23 heavy (non-hydrogen) atoms. The molecule has 0 unspecified atom stereocenters. The summed E-state index contributed by atoms with van der Waals surface area (Å²) in [6.45, 7) is 4.45. The number of hydrogen-bond donors (Lipinski definition) is 1. The highest BCUT2D eigenvalue weighted by atomic mass is 35.5. The van der Waals surface area contributed by atoms with Crippen molar-refractivity contribution in [1.82, 2.24) is 4.90 Å². The first-order valence-corrected chi connectivity index (χ1v) is 9.39. The van der Waals surface area contributed by atoms with E-state index in [9.17, 15) is 4.79 Å². The van der Waals surface area contributed by atoms with E-state index in [4.69, 9.17) is 11.6 Å². The molecule has 1 aliphatic rings. The lowest BCUT2D eigenvalue weighted by molar-refractivity contribution is -0.644. The summed E-state index contributed by atoms with van der Waals surface area (Å²) in [4.78, 5) is 16.2. The van der Waals surface area contributed by atoms with E-state index >= 15 is 0 Å². The lowest BCUT2D eigenvalue weighted by atomic mass is 9.93. The normalized spacial score (nSPS) is 17.1. The van der Waals surface area contributed by atoms with Crippen LogP contribution < -0.4 is 5.32 Å². The third kappa shape index (κ3) is 3.60. The Morgan fingerprint density at radius 2 is 2.13 bits per heavy atom. The van der Waals surface area contributed by atoms with E-state index < -0.39 is 0 Å². The van der Waals surface area contributed by atoms with Gasteiger partial charge in [-0.25, -0.2) is 0 Å². The van der Waals surface area contributed by atoms with Crippen LogP contribution in [0.5, 0.6) is 0 Å². The second-order valence-corrected chi connectivity index (χ2v) is 7.31. The Kier molecular flexibility index (Phi) is 5.36. The highest BCUT2D eigenvalue weighted by molar-refractivity contribution is 7.10. The maximum Gasteiger partial charge on any atom is 0.278 e. The van der Waals surface area contributed by atoms with E-state index in [0.717, 1.165) is 36.5 Å². The lowest BCUT2D eigenvalue weighted by Crippen LogP contribution is -2.86. The predicted octanol–water partition coefficient (Wildman–Crippen LogP) is 2.85. The molecule has 0 aliphatic carbocycles. The van der Waals surface area contributed by atoms with Crippen LogP contribution in [-0.4, -0.2) is 30.4 Å². The fourth-order valence-electron chi connectivity index (χ4n) is 3.14. The summed E-state index contributed by atoms with van der Waals surface area (Å²) in [5.74, 6) is 0.218. The van der Waals surface area contributed by atoms with Crippen molar-refractivity contribution < 1.29 is 10.1 Å². The number of amides is 1. The Labute approximate surface area is 146 Å². The summed E-state index contributed by atoms with van der Waals surface area (Å²) in [6, 6.07) is 10.1. The van der Waals surface area contributed by atoms with Gasteiger partial charge in [0.15, 0.2) is 6.54 Å². The Balaban J connectivity index is 1.89. The minimum atomic E-state index is 0.0183. The maximum atomic E-state index is 12.7. The highest BCUT2D eigenvalue weighted by Gasteiger charge is 2.33. The molecule has 0 bridgehead atoms. The fraction of sp³-hybridized carbons (Fsp3) is 0.389. The molecule has 0 fully saturated rings. The first kappa shape index (κ1) is 16.5. The summed E-state index contributed by atoms with van der Waals surface area (Å²) in [6.07, 6.45) is 2.04. The van der Waals surface area contributed by atoms with Gasteiger partial charge in [0.2, 0.25) is 0 Å². The number of benzene rings is 1. The zero-order chi connectivity index (χ0) is 16.2. The first-order chi connectivity index (χ1) is 11.2. The molecule has 1 aliphatic heterocycles. The zero-order valence-corrected chi connectivity index (χ0v) is 14.9. The minimum Gasteiger partial charge on any atom is -0.338 e. The molecule has 2 N–H and O–H groups in total. The van der Waals surface area contributed by atoms with Gasteiger partial charge < -0.3 is 10.2 Å². The molecule has 3 nitrogen and oxygen atoms in total. The topological polar surface area (TPSA) is 36.9 Å². The number of carbonyl (C=O) groups excluding carboxylic acids is 1. The quantitative estimate of drug-likeness (QED) is 0.828. The van der Waals surface area contributed by atoms with Gasteiger partial charge in [-0.2, -0.15) is 0 Å². The van der Waals surface area contributed by atoms with Gasteiger partial charge in [-0.3, -0.25) is 4.79 Å². The standard InChI is InChI=1S/C18H21ClN2OS/c1-2-9-20-12-17(22)21-10-7-16-15(8-11-23-16)18(21)13-3-5-14(19)6-4-13/h3-6,8,11,18,20H,2,7,9-10,12H2,1H3/p+1/t18-/m0/s1. The number of hydrogen-bond acceptors (Lipinski definition) is 2. The number of thiophene rings is 1. The number of nitrogens with two attached hydrogens (primary N) is 1. The summed E-state index contributed by atoms with van der Waals surface area (Å²) in [5.41, 5.74) is 2.41. The largest absolute Gasteiger partial charge is 0.338 e. The van der Waals surface area contributed by atoms with Crippen LogP contribution in [0.1, 0.15) is 35.4 Å². The SMILES string of the molecule is CCC[NH2+]CC(=O)N1CCc2sccc2[C@@H]1c1ccc(Cl)cc1. The summed E-state index contributed by atoms with van der Waals surface area (Å²) in [5, 5.41) is 4.96. The van der Waals surface area contributed by atoms with Gasteiger partial charge in [0, 0.05) is 16.4 Å². The summed E-state index contributed by atoms with van der Waals surface area (Å²) < 4.78 is 0. The van der Waals surface area contributed by atoms with E-state index in [1.165, 1.54) is 10.4 Å². The van der Waals surface area contributed by atoms with Crippen LogP contribution >= 0.6 is 22.9 Å². The van der Waals surface area contributed by atoms with Crippen molar-refractivity contribution in [2.45, 2.75) is 25.8 Å². The Hall–Kier alpha value is -1.36. The number of nitrogens with zero attached hydrogens (tertiary/aromatic N) is 1. The molecule has 122 valence electrons. The highest BCUT2D eigenvalue weighted by Crippen LogP contribution is 2.37. The third-order valence-electron chi connectivity index (χ3n) is 4.28. The van der Waals surface area contributed by atoms with Crippen molar-refractivity contribution in [3.8, 4) is 0 Å². The predicted molar refractivity (Wildman–Crippen MR) is 95.0 cm³/mol. The lowest BCUT2D eigenvalue weighted by Gasteiger charge is -2.36. The van der Waals surface area contributed by atoms with Crippen LogP contribution in [0.25, 0.3) is 0 Å². The molecule has 0 saturated heterocycles. The Morgan fingerprint density at radius 1 is 1.35 bits per heavy atom. The molecule has 5 heteroatoms. The molecular formula is C18H22ClN2OS+. The second kappa shape index (κ2) is 7.47. The van der Waals surface area contributed by atoms with Crippen molar-refractivity contribution in [2.75, 3.05) is 19.6 Å². The van der Waals surface area contributed by atoms with Gasteiger partial charge in [0.1, 0.15) is 0 Å². The van der Waals surface area contributed by atoms with E-state index in [-0.39, 0.29) is 11.9 Å². The van der Waals surface area contributed by atoms with Gasteiger partial charge in [-0.1, -0.05) is 30.7 Å². The second-order valence-electron chi connectivity index (χ2n) is 5.87. The van der Waals surface area contributed by atoms with Crippen LogP contribution in [0, 0.1) is 0 Å². The first-order valence-electron chi connectivity index (χ1n) is 8.13. The molecule has 0 saturated carbocycles. The van der Waals surface area contributed by atoms with Gasteiger partial charge in [0.25, 0.3) is 5.91 Å². The number of quaternary nitrogens is 1. The third-order valence-corrected chi connectivity index (χ3v) is 5.53. The smallest absolute Gasteiger partial charge is 0.278 e.